The van der Waals surface area contributed by atoms with E-state index in [1.165, 1.54) is 5.56 Å². The van der Waals surface area contributed by atoms with Crippen LogP contribution in [0.2, 0.25) is 0 Å². The molecule has 0 fully saturated rings. The van der Waals surface area contributed by atoms with Crippen molar-refractivity contribution in [2.24, 2.45) is 0 Å². The fourth-order valence-corrected chi connectivity index (χ4v) is 2.38. The number of rotatable bonds is 6. The molecule has 4 nitrogen and oxygen atoms in total. The second kappa shape index (κ2) is 8.17. The van der Waals surface area contributed by atoms with E-state index < -0.39 is 0 Å². The highest BCUT2D eigenvalue weighted by Crippen LogP contribution is 2.18. The second-order valence-electron chi connectivity index (χ2n) is 5.38. The normalized spacial score (nSPS) is 11.7. The third-order valence-corrected chi connectivity index (χ3v) is 3.74. The monoisotopic (exact) mass is 297 g/mol. The molecular formula is C18H23N3O. The lowest BCUT2D eigenvalue weighted by Gasteiger charge is -2.21. The van der Waals surface area contributed by atoms with Crippen LogP contribution in [0.5, 0.6) is 0 Å². The average molecular weight is 297 g/mol. The van der Waals surface area contributed by atoms with Crippen molar-refractivity contribution in [3.05, 3.63) is 66.0 Å². The fourth-order valence-electron chi connectivity index (χ4n) is 2.38. The van der Waals surface area contributed by atoms with E-state index in [0.717, 1.165) is 12.1 Å². The van der Waals surface area contributed by atoms with E-state index in [9.17, 15) is 4.79 Å². The smallest absolute Gasteiger partial charge is 0.317 e. The van der Waals surface area contributed by atoms with Crippen LogP contribution in [0.1, 0.15) is 30.5 Å². The molecule has 0 bridgehead atoms. The molecule has 0 radical (unpaired) electrons. The van der Waals surface area contributed by atoms with Gasteiger partial charge in [0.05, 0.1) is 12.2 Å². The Hall–Kier alpha value is -2.36. The Morgan fingerprint density at radius 2 is 1.91 bits per heavy atom. The highest BCUT2D eigenvalue weighted by Gasteiger charge is 2.13. The first-order valence-corrected chi connectivity index (χ1v) is 7.64. The summed E-state index contributed by atoms with van der Waals surface area (Å²) in [5, 5.41) is 3.01. The molecule has 1 atom stereocenters. The summed E-state index contributed by atoms with van der Waals surface area (Å²) in [5.41, 5.74) is 2.15. The highest BCUT2D eigenvalue weighted by molar-refractivity contribution is 5.73. The molecule has 2 rings (SSSR count). The first-order valence-electron chi connectivity index (χ1n) is 7.64. The topological polar surface area (TPSA) is 45.2 Å². The Labute approximate surface area is 132 Å². The van der Waals surface area contributed by atoms with Gasteiger partial charge >= 0.3 is 6.03 Å². The number of amides is 2. The molecule has 0 saturated carbocycles. The summed E-state index contributed by atoms with van der Waals surface area (Å²) in [7, 11) is 1.79. The summed E-state index contributed by atoms with van der Waals surface area (Å²) < 4.78 is 0. The van der Waals surface area contributed by atoms with Gasteiger partial charge in [-0.05, 0) is 24.1 Å². The summed E-state index contributed by atoms with van der Waals surface area (Å²) in [6, 6.07) is 15.9. The number of nitrogens with one attached hydrogen (secondary N) is 1. The van der Waals surface area contributed by atoms with Gasteiger partial charge < -0.3 is 10.2 Å². The molecule has 0 aliphatic rings. The van der Waals surface area contributed by atoms with Gasteiger partial charge in [0.1, 0.15) is 0 Å². The molecule has 4 heteroatoms. The lowest BCUT2D eigenvalue weighted by atomic mass is 9.97. The molecule has 116 valence electrons. The lowest BCUT2D eigenvalue weighted by molar-refractivity contribution is 0.205. The number of nitrogens with zero attached hydrogens (tertiary/aromatic N) is 2. The van der Waals surface area contributed by atoms with Crippen molar-refractivity contribution >= 4 is 6.03 Å². The SMILES string of the molecule is CCC(CNC(=O)N(C)Cc1ccccn1)c1ccccc1. The maximum absolute atomic E-state index is 12.2. The van der Waals surface area contributed by atoms with Crippen LogP contribution in [0.25, 0.3) is 0 Å². The molecule has 1 N–H and O–H groups in total. The van der Waals surface area contributed by atoms with Gasteiger partial charge in [0, 0.05) is 25.7 Å². The Kier molecular flexibility index (Phi) is 5.95. The Balaban J connectivity index is 1.86. The number of carbonyl (C=O) groups is 1. The van der Waals surface area contributed by atoms with E-state index in [4.69, 9.17) is 0 Å². The van der Waals surface area contributed by atoms with Gasteiger partial charge in [-0.2, -0.15) is 0 Å². The molecule has 1 aromatic heterocycles. The van der Waals surface area contributed by atoms with Crippen molar-refractivity contribution in [1.82, 2.24) is 15.2 Å². The van der Waals surface area contributed by atoms with Crippen LogP contribution in [0.4, 0.5) is 4.79 Å². The third kappa shape index (κ3) is 4.58. The van der Waals surface area contributed by atoms with Crippen molar-refractivity contribution in [2.75, 3.05) is 13.6 Å². The Morgan fingerprint density at radius 3 is 2.55 bits per heavy atom. The maximum Gasteiger partial charge on any atom is 0.317 e. The summed E-state index contributed by atoms with van der Waals surface area (Å²) in [6.07, 6.45) is 2.73. The number of hydrogen-bond acceptors (Lipinski definition) is 2. The van der Waals surface area contributed by atoms with Crippen molar-refractivity contribution in [3.63, 3.8) is 0 Å². The molecule has 1 unspecified atom stereocenters. The number of pyridine rings is 1. The van der Waals surface area contributed by atoms with E-state index >= 15 is 0 Å². The fraction of sp³-hybridized carbons (Fsp3) is 0.333. The molecular weight excluding hydrogens is 274 g/mol. The molecule has 1 heterocycles. The Morgan fingerprint density at radius 1 is 1.18 bits per heavy atom. The van der Waals surface area contributed by atoms with E-state index in [1.807, 2.05) is 36.4 Å². The largest absolute Gasteiger partial charge is 0.337 e. The first-order chi connectivity index (χ1) is 10.7. The average Bonchev–Trinajstić information content (AvgIpc) is 2.57. The minimum atomic E-state index is -0.0694. The standard InChI is InChI=1S/C18H23N3O/c1-3-15(16-9-5-4-6-10-16)13-20-18(22)21(2)14-17-11-7-8-12-19-17/h4-12,15H,3,13-14H2,1-2H3,(H,20,22). The maximum atomic E-state index is 12.2. The number of hydrogen-bond donors (Lipinski definition) is 1. The van der Waals surface area contributed by atoms with E-state index in [-0.39, 0.29) is 6.03 Å². The second-order valence-corrected chi connectivity index (χ2v) is 5.38. The molecule has 2 amide bonds. The zero-order chi connectivity index (χ0) is 15.8. The van der Waals surface area contributed by atoms with Gasteiger partial charge in [-0.3, -0.25) is 4.98 Å². The summed E-state index contributed by atoms with van der Waals surface area (Å²) >= 11 is 0. The number of carbonyl (C=O) groups excluding carboxylic acids is 1. The quantitative estimate of drug-likeness (QED) is 0.888. The van der Waals surface area contributed by atoms with E-state index in [0.29, 0.717) is 19.0 Å². The van der Waals surface area contributed by atoms with Gasteiger partial charge in [0.25, 0.3) is 0 Å². The van der Waals surface area contributed by atoms with Crippen molar-refractivity contribution in [3.8, 4) is 0 Å². The predicted octanol–water partition coefficient (Wildman–Crippen LogP) is 3.42. The van der Waals surface area contributed by atoms with Crippen molar-refractivity contribution in [1.29, 1.82) is 0 Å². The van der Waals surface area contributed by atoms with Gasteiger partial charge in [-0.1, -0.05) is 43.3 Å². The minimum Gasteiger partial charge on any atom is -0.337 e. The van der Waals surface area contributed by atoms with Crippen LogP contribution in [-0.2, 0) is 6.54 Å². The van der Waals surface area contributed by atoms with Gasteiger partial charge in [0.2, 0.25) is 0 Å². The van der Waals surface area contributed by atoms with Crippen molar-refractivity contribution < 1.29 is 4.79 Å². The van der Waals surface area contributed by atoms with Crippen LogP contribution in [0.3, 0.4) is 0 Å². The summed E-state index contributed by atoms with van der Waals surface area (Å²) in [5.74, 6) is 0.341. The number of benzene rings is 1. The predicted molar refractivity (Wildman–Crippen MR) is 88.6 cm³/mol. The van der Waals surface area contributed by atoms with Crippen LogP contribution in [-0.4, -0.2) is 29.5 Å². The van der Waals surface area contributed by atoms with Crippen LogP contribution in [0.15, 0.2) is 54.7 Å². The van der Waals surface area contributed by atoms with E-state index in [2.05, 4.69) is 29.4 Å². The van der Waals surface area contributed by atoms with Crippen molar-refractivity contribution in [2.45, 2.75) is 25.8 Å². The molecule has 0 saturated heterocycles. The number of aromatic nitrogens is 1. The van der Waals surface area contributed by atoms with Crippen LogP contribution < -0.4 is 5.32 Å². The summed E-state index contributed by atoms with van der Waals surface area (Å²) in [6.45, 7) is 3.29. The number of urea groups is 1. The molecule has 0 spiro atoms. The molecule has 0 aliphatic heterocycles. The van der Waals surface area contributed by atoms with Gasteiger partial charge in [-0.25, -0.2) is 4.79 Å². The van der Waals surface area contributed by atoms with Gasteiger partial charge in [-0.15, -0.1) is 0 Å². The van der Waals surface area contributed by atoms with Crippen LogP contribution >= 0.6 is 0 Å². The molecule has 0 aliphatic carbocycles. The Bertz CT molecular complexity index is 571. The first kappa shape index (κ1) is 16.0. The highest BCUT2D eigenvalue weighted by atomic mass is 16.2. The minimum absolute atomic E-state index is 0.0694. The lowest BCUT2D eigenvalue weighted by Crippen LogP contribution is -2.38. The van der Waals surface area contributed by atoms with Crippen LogP contribution in [0, 0.1) is 0 Å². The zero-order valence-electron chi connectivity index (χ0n) is 13.2. The zero-order valence-corrected chi connectivity index (χ0v) is 13.2. The summed E-state index contributed by atoms with van der Waals surface area (Å²) in [4.78, 5) is 18.1. The molecule has 1 aromatic carbocycles. The molecule has 2 aromatic rings. The third-order valence-electron chi connectivity index (χ3n) is 3.74. The van der Waals surface area contributed by atoms with Gasteiger partial charge in [0.15, 0.2) is 0 Å². The molecule has 22 heavy (non-hydrogen) atoms. The van der Waals surface area contributed by atoms with E-state index in [1.54, 1.807) is 18.1 Å².